The Hall–Kier alpha value is -1.29. The topological polar surface area (TPSA) is 54.0 Å². The molecule has 0 radical (unpaired) electrons. The van der Waals surface area contributed by atoms with Gasteiger partial charge < -0.3 is 10.6 Å². The van der Waals surface area contributed by atoms with Crippen molar-refractivity contribution in [1.82, 2.24) is 10.3 Å². The summed E-state index contributed by atoms with van der Waals surface area (Å²) in [6.07, 6.45) is 7.23. The van der Waals surface area contributed by atoms with Crippen molar-refractivity contribution in [2.24, 2.45) is 5.92 Å². The van der Waals surface area contributed by atoms with Crippen LogP contribution < -0.4 is 10.6 Å². The van der Waals surface area contributed by atoms with Crippen LogP contribution in [-0.4, -0.2) is 24.0 Å². The maximum atomic E-state index is 12.3. The molecule has 0 spiro atoms. The predicted octanol–water partition coefficient (Wildman–Crippen LogP) is 3.48. The Morgan fingerprint density at radius 3 is 2.90 bits per heavy atom. The molecule has 1 amide bonds. The number of rotatable bonds is 3. The van der Waals surface area contributed by atoms with E-state index >= 15 is 0 Å². The fraction of sp³-hybridized carbons (Fsp3) is 0.600. The quantitative estimate of drug-likeness (QED) is 0.840. The number of amides is 1. The van der Waals surface area contributed by atoms with Crippen molar-refractivity contribution in [3.63, 3.8) is 0 Å². The van der Waals surface area contributed by atoms with Gasteiger partial charge in [0.25, 0.3) is 5.91 Å². The highest BCUT2D eigenvalue weighted by atomic mass is 35.5. The number of hydrogen-bond donors (Lipinski definition) is 2. The van der Waals surface area contributed by atoms with Crippen LogP contribution in [0.2, 0.25) is 5.02 Å². The van der Waals surface area contributed by atoms with E-state index in [0.29, 0.717) is 16.4 Å². The first kappa shape index (κ1) is 15.1. The summed E-state index contributed by atoms with van der Waals surface area (Å²) in [5.41, 5.74) is 0.489. The second kappa shape index (κ2) is 6.93. The summed E-state index contributed by atoms with van der Waals surface area (Å²) >= 11 is 6.07. The molecule has 1 aromatic rings. The van der Waals surface area contributed by atoms with Crippen LogP contribution in [0.3, 0.4) is 0 Å². The molecule has 0 aromatic carbocycles. The molecule has 2 N–H and O–H groups in total. The van der Waals surface area contributed by atoms with E-state index < -0.39 is 0 Å². The lowest BCUT2D eigenvalue weighted by Gasteiger charge is -2.17. The molecule has 1 aliphatic carbocycles. The van der Waals surface area contributed by atoms with Gasteiger partial charge in [-0.05, 0) is 31.2 Å². The second-order valence-electron chi connectivity index (χ2n) is 5.58. The van der Waals surface area contributed by atoms with Gasteiger partial charge in [-0.3, -0.25) is 4.79 Å². The van der Waals surface area contributed by atoms with Gasteiger partial charge in [-0.1, -0.05) is 31.4 Å². The lowest BCUT2D eigenvalue weighted by Crippen LogP contribution is -2.34. The minimum Gasteiger partial charge on any atom is -0.373 e. The molecule has 2 atom stereocenters. The van der Waals surface area contributed by atoms with Crippen LogP contribution in [0.5, 0.6) is 0 Å². The van der Waals surface area contributed by atoms with E-state index in [2.05, 4.69) is 22.5 Å². The summed E-state index contributed by atoms with van der Waals surface area (Å²) in [4.78, 5) is 16.4. The minimum atomic E-state index is -0.103. The molecule has 1 saturated carbocycles. The molecule has 2 unspecified atom stereocenters. The molecule has 5 heteroatoms. The maximum absolute atomic E-state index is 12.3. The lowest BCUT2D eigenvalue weighted by molar-refractivity contribution is 0.0933. The highest BCUT2D eigenvalue weighted by Crippen LogP contribution is 2.24. The van der Waals surface area contributed by atoms with Crippen LogP contribution in [0.4, 0.5) is 5.82 Å². The van der Waals surface area contributed by atoms with Crippen LogP contribution in [0.25, 0.3) is 0 Å². The second-order valence-corrected chi connectivity index (χ2v) is 5.99. The fourth-order valence-electron chi connectivity index (χ4n) is 2.64. The number of carbonyl (C=O) groups is 1. The largest absolute Gasteiger partial charge is 0.373 e. The first-order valence-corrected chi connectivity index (χ1v) is 7.62. The van der Waals surface area contributed by atoms with Crippen molar-refractivity contribution >= 4 is 23.3 Å². The molecule has 2 rings (SSSR count). The number of aromatic nitrogens is 1. The third-order valence-corrected chi connectivity index (χ3v) is 4.25. The van der Waals surface area contributed by atoms with E-state index in [1.54, 1.807) is 13.1 Å². The predicted molar refractivity (Wildman–Crippen MR) is 82.3 cm³/mol. The van der Waals surface area contributed by atoms with Gasteiger partial charge in [0.1, 0.15) is 5.82 Å². The number of hydrogen-bond acceptors (Lipinski definition) is 3. The van der Waals surface area contributed by atoms with Gasteiger partial charge in [-0.2, -0.15) is 0 Å². The normalized spacial score (nSPS) is 22.9. The Bertz CT molecular complexity index is 478. The molecule has 4 nitrogen and oxygen atoms in total. The highest BCUT2D eigenvalue weighted by molar-refractivity contribution is 6.33. The van der Waals surface area contributed by atoms with Gasteiger partial charge in [-0.25, -0.2) is 4.98 Å². The molecular weight excluding hydrogens is 274 g/mol. The smallest absolute Gasteiger partial charge is 0.253 e. The Balaban J connectivity index is 2.04. The average molecular weight is 296 g/mol. The van der Waals surface area contributed by atoms with E-state index in [1.807, 2.05) is 0 Å². The van der Waals surface area contributed by atoms with Crippen LogP contribution in [0.15, 0.2) is 12.3 Å². The third kappa shape index (κ3) is 3.85. The van der Waals surface area contributed by atoms with Gasteiger partial charge in [-0.15, -0.1) is 0 Å². The number of pyridine rings is 1. The fourth-order valence-corrected chi connectivity index (χ4v) is 2.83. The van der Waals surface area contributed by atoms with Crippen molar-refractivity contribution < 1.29 is 4.79 Å². The van der Waals surface area contributed by atoms with Crippen LogP contribution in [-0.2, 0) is 0 Å². The zero-order chi connectivity index (χ0) is 14.5. The van der Waals surface area contributed by atoms with Gasteiger partial charge in [0, 0.05) is 19.3 Å². The summed E-state index contributed by atoms with van der Waals surface area (Å²) in [5, 5.41) is 6.42. The molecule has 1 aromatic heterocycles. The minimum absolute atomic E-state index is 0.103. The van der Waals surface area contributed by atoms with Crippen molar-refractivity contribution in [1.29, 1.82) is 0 Å². The van der Waals surface area contributed by atoms with Crippen molar-refractivity contribution in [2.75, 3.05) is 12.4 Å². The van der Waals surface area contributed by atoms with E-state index in [9.17, 15) is 4.79 Å². The van der Waals surface area contributed by atoms with E-state index in [-0.39, 0.29) is 11.9 Å². The van der Waals surface area contributed by atoms with E-state index in [0.717, 1.165) is 18.8 Å². The molecule has 0 bridgehead atoms. The first-order valence-electron chi connectivity index (χ1n) is 7.24. The highest BCUT2D eigenvalue weighted by Gasteiger charge is 2.20. The number of anilines is 1. The van der Waals surface area contributed by atoms with Crippen LogP contribution in [0, 0.1) is 5.92 Å². The van der Waals surface area contributed by atoms with Crippen LogP contribution >= 0.6 is 11.6 Å². The Morgan fingerprint density at radius 2 is 2.15 bits per heavy atom. The zero-order valence-electron chi connectivity index (χ0n) is 12.1. The summed E-state index contributed by atoms with van der Waals surface area (Å²) in [5.74, 6) is 1.31. The molecule has 20 heavy (non-hydrogen) atoms. The molecule has 0 aliphatic heterocycles. The van der Waals surface area contributed by atoms with E-state index in [1.165, 1.54) is 25.5 Å². The summed E-state index contributed by atoms with van der Waals surface area (Å²) in [6, 6.07) is 1.95. The molecule has 0 saturated heterocycles. The summed E-state index contributed by atoms with van der Waals surface area (Å²) in [7, 11) is 1.77. The summed E-state index contributed by atoms with van der Waals surface area (Å²) < 4.78 is 0. The lowest BCUT2D eigenvalue weighted by atomic mass is 10.0. The van der Waals surface area contributed by atoms with Crippen molar-refractivity contribution in [2.45, 2.75) is 45.1 Å². The Morgan fingerprint density at radius 1 is 1.35 bits per heavy atom. The first-order chi connectivity index (χ1) is 9.60. The zero-order valence-corrected chi connectivity index (χ0v) is 12.8. The number of nitrogens with one attached hydrogen (secondary N) is 2. The standard InChI is InChI=1S/C15H22ClN3O/c1-10-4-3-5-11(7-6-10)19-15(20)12-8-14(17-2)18-9-13(12)16/h8-11H,3-7H2,1-2H3,(H,17,18)(H,19,20). The van der Waals surface area contributed by atoms with Gasteiger partial charge in [0.05, 0.1) is 10.6 Å². The van der Waals surface area contributed by atoms with Gasteiger partial charge >= 0.3 is 0 Å². The molecule has 110 valence electrons. The van der Waals surface area contributed by atoms with Gasteiger partial charge in [0.2, 0.25) is 0 Å². The van der Waals surface area contributed by atoms with E-state index in [4.69, 9.17) is 11.6 Å². The number of carbonyl (C=O) groups excluding carboxylic acids is 1. The third-order valence-electron chi connectivity index (χ3n) is 3.95. The van der Waals surface area contributed by atoms with Crippen LogP contribution in [0.1, 0.15) is 49.4 Å². The Labute approximate surface area is 125 Å². The summed E-state index contributed by atoms with van der Waals surface area (Å²) in [6.45, 7) is 2.28. The van der Waals surface area contributed by atoms with Crippen molar-refractivity contribution in [3.05, 3.63) is 22.8 Å². The van der Waals surface area contributed by atoms with Crippen molar-refractivity contribution in [3.8, 4) is 0 Å². The molecular formula is C15H22ClN3O. The monoisotopic (exact) mass is 295 g/mol. The van der Waals surface area contributed by atoms with Gasteiger partial charge in [0.15, 0.2) is 0 Å². The Kier molecular flexibility index (Phi) is 5.24. The molecule has 1 fully saturated rings. The molecule has 1 aliphatic rings. The maximum Gasteiger partial charge on any atom is 0.253 e. The molecule has 1 heterocycles. The SMILES string of the molecule is CNc1cc(C(=O)NC2CCCC(C)CC2)c(Cl)cn1. The number of halogens is 1. The average Bonchev–Trinajstić information content (AvgIpc) is 2.64. The number of nitrogens with zero attached hydrogens (tertiary/aromatic N) is 1.